The number of nitrogens with zero attached hydrogens (tertiary/aromatic N) is 2. The van der Waals surface area contributed by atoms with Crippen molar-refractivity contribution < 1.29 is 9.53 Å². The predicted octanol–water partition coefficient (Wildman–Crippen LogP) is 7.14. The van der Waals surface area contributed by atoms with Gasteiger partial charge in [0.2, 0.25) is 0 Å². The van der Waals surface area contributed by atoms with Crippen LogP contribution in [0.15, 0.2) is 81.9 Å². The summed E-state index contributed by atoms with van der Waals surface area (Å²) >= 11 is 15.7. The molecule has 0 saturated carbocycles. The zero-order valence-corrected chi connectivity index (χ0v) is 19.6. The second kappa shape index (κ2) is 9.27. The number of carbonyl (C=O) groups is 1. The van der Waals surface area contributed by atoms with Crippen molar-refractivity contribution in [2.45, 2.75) is 13.5 Å². The summed E-state index contributed by atoms with van der Waals surface area (Å²) in [4.78, 5) is 13.0. The van der Waals surface area contributed by atoms with E-state index in [1.807, 2.05) is 61.5 Å². The normalized spacial score (nSPS) is 14.8. The van der Waals surface area contributed by atoms with Gasteiger partial charge in [-0.05, 0) is 55.5 Å². The van der Waals surface area contributed by atoms with Gasteiger partial charge in [0.1, 0.15) is 12.4 Å². The minimum absolute atomic E-state index is 0.185. The van der Waals surface area contributed by atoms with Gasteiger partial charge in [-0.15, -0.1) is 0 Å². The summed E-state index contributed by atoms with van der Waals surface area (Å²) in [7, 11) is 0. The first-order valence-electron chi connectivity index (χ1n) is 9.45. The lowest BCUT2D eigenvalue weighted by atomic mass is 10.1. The number of benzene rings is 3. The van der Waals surface area contributed by atoms with Crippen LogP contribution in [-0.2, 0) is 11.4 Å². The summed E-state index contributed by atoms with van der Waals surface area (Å²) in [6.45, 7) is 2.09. The van der Waals surface area contributed by atoms with E-state index >= 15 is 0 Å². The van der Waals surface area contributed by atoms with Gasteiger partial charge in [0.15, 0.2) is 0 Å². The lowest BCUT2D eigenvalue weighted by Crippen LogP contribution is -2.21. The molecule has 1 heterocycles. The standard InChI is InChI=1S/C24H17BrCl2N2O2/c1-15-21(24(30)29(28-15)20-5-3-2-4-6-20)12-17-11-18(25)8-10-23(17)31-14-16-7-9-19(26)13-22(16)27/h2-13H,14H2,1H3/b21-12+. The zero-order chi connectivity index (χ0) is 22.0. The SMILES string of the molecule is CC1=NN(c2ccccc2)C(=O)/C1=C/c1cc(Br)ccc1OCc1ccc(Cl)cc1Cl. The molecule has 0 atom stereocenters. The molecule has 3 aromatic rings. The summed E-state index contributed by atoms with van der Waals surface area (Å²) < 4.78 is 6.90. The number of anilines is 1. The molecule has 0 fully saturated rings. The maximum Gasteiger partial charge on any atom is 0.280 e. The zero-order valence-electron chi connectivity index (χ0n) is 16.5. The van der Waals surface area contributed by atoms with E-state index in [4.69, 9.17) is 27.9 Å². The van der Waals surface area contributed by atoms with Crippen molar-refractivity contribution in [2.75, 3.05) is 5.01 Å². The summed E-state index contributed by atoms with van der Waals surface area (Å²) in [5, 5.41) is 6.95. The molecule has 0 aromatic heterocycles. The van der Waals surface area contributed by atoms with Crippen LogP contribution in [0.1, 0.15) is 18.1 Å². The highest BCUT2D eigenvalue weighted by Gasteiger charge is 2.28. The Kier molecular flexibility index (Phi) is 6.46. The first-order valence-corrected chi connectivity index (χ1v) is 11.0. The molecule has 31 heavy (non-hydrogen) atoms. The van der Waals surface area contributed by atoms with Crippen molar-refractivity contribution in [3.05, 3.63) is 97.9 Å². The molecule has 0 bridgehead atoms. The maximum atomic E-state index is 13.0. The average molecular weight is 516 g/mol. The van der Waals surface area contributed by atoms with Gasteiger partial charge in [-0.3, -0.25) is 4.79 Å². The molecule has 0 saturated heterocycles. The first-order chi connectivity index (χ1) is 14.9. The average Bonchev–Trinajstić information content (AvgIpc) is 3.03. The van der Waals surface area contributed by atoms with Gasteiger partial charge in [-0.25, -0.2) is 0 Å². The maximum absolute atomic E-state index is 13.0. The number of para-hydroxylation sites is 1. The summed E-state index contributed by atoms with van der Waals surface area (Å²) in [5.74, 6) is 0.441. The number of rotatable bonds is 5. The summed E-state index contributed by atoms with van der Waals surface area (Å²) in [6.07, 6.45) is 1.80. The topological polar surface area (TPSA) is 41.9 Å². The Morgan fingerprint density at radius 2 is 1.84 bits per heavy atom. The van der Waals surface area contributed by atoms with Gasteiger partial charge in [0.25, 0.3) is 5.91 Å². The molecule has 156 valence electrons. The quantitative estimate of drug-likeness (QED) is 0.339. The molecule has 1 aliphatic heterocycles. The molecule has 4 rings (SSSR count). The number of hydrazone groups is 1. The van der Waals surface area contributed by atoms with Crippen LogP contribution in [0.4, 0.5) is 5.69 Å². The van der Waals surface area contributed by atoms with Crippen molar-refractivity contribution in [1.82, 2.24) is 0 Å². The van der Waals surface area contributed by atoms with E-state index in [-0.39, 0.29) is 12.5 Å². The fourth-order valence-corrected chi connectivity index (χ4v) is 3.98. The summed E-state index contributed by atoms with van der Waals surface area (Å²) in [5.41, 5.74) is 3.44. The third kappa shape index (κ3) is 4.85. The highest BCUT2D eigenvalue weighted by Crippen LogP contribution is 2.31. The second-order valence-corrected chi connectivity index (χ2v) is 8.66. The molecule has 0 aliphatic carbocycles. The second-order valence-electron chi connectivity index (χ2n) is 6.90. The van der Waals surface area contributed by atoms with Crippen LogP contribution >= 0.6 is 39.1 Å². The van der Waals surface area contributed by atoms with Crippen LogP contribution in [0.3, 0.4) is 0 Å². The Labute approximate surface area is 198 Å². The van der Waals surface area contributed by atoms with Gasteiger partial charge in [-0.2, -0.15) is 10.1 Å². The molecule has 3 aromatic carbocycles. The minimum atomic E-state index is -0.185. The van der Waals surface area contributed by atoms with Crippen LogP contribution in [-0.4, -0.2) is 11.6 Å². The Morgan fingerprint density at radius 1 is 1.06 bits per heavy atom. The largest absolute Gasteiger partial charge is 0.488 e. The number of halogens is 3. The van der Waals surface area contributed by atoms with Crippen molar-refractivity contribution in [1.29, 1.82) is 0 Å². The highest BCUT2D eigenvalue weighted by atomic mass is 79.9. The fourth-order valence-electron chi connectivity index (χ4n) is 3.14. The molecule has 1 amide bonds. The molecule has 0 unspecified atom stereocenters. The third-order valence-corrected chi connectivity index (χ3v) is 5.81. The Balaban J connectivity index is 1.62. The van der Waals surface area contributed by atoms with Crippen molar-refractivity contribution >= 4 is 62.5 Å². The van der Waals surface area contributed by atoms with Gasteiger partial charge in [-0.1, -0.05) is 63.4 Å². The molecule has 7 heteroatoms. The minimum Gasteiger partial charge on any atom is -0.488 e. The van der Waals surface area contributed by atoms with Crippen LogP contribution in [0.5, 0.6) is 5.75 Å². The molecular formula is C24H17BrCl2N2O2. The fraction of sp³-hybridized carbons (Fsp3) is 0.0833. The van der Waals surface area contributed by atoms with Crippen LogP contribution in [0.2, 0.25) is 10.0 Å². The van der Waals surface area contributed by atoms with E-state index in [0.717, 1.165) is 21.3 Å². The van der Waals surface area contributed by atoms with Gasteiger partial charge < -0.3 is 4.74 Å². The lowest BCUT2D eigenvalue weighted by molar-refractivity contribution is -0.114. The van der Waals surface area contributed by atoms with Crippen molar-refractivity contribution in [3.8, 4) is 5.75 Å². The molecular weight excluding hydrogens is 499 g/mol. The monoisotopic (exact) mass is 514 g/mol. The number of ether oxygens (including phenoxy) is 1. The third-order valence-electron chi connectivity index (χ3n) is 4.73. The lowest BCUT2D eigenvalue weighted by Gasteiger charge is -2.13. The van der Waals surface area contributed by atoms with E-state index in [1.165, 1.54) is 5.01 Å². The molecule has 4 nitrogen and oxygen atoms in total. The van der Waals surface area contributed by atoms with E-state index in [1.54, 1.807) is 18.2 Å². The van der Waals surface area contributed by atoms with Crippen molar-refractivity contribution in [2.24, 2.45) is 5.10 Å². The molecule has 0 radical (unpaired) electrons. The van der Waals surface area contributed by atoms with Gasteiger partial charge in [0.05, 0.1) is 17.0 Å². The number of hydrogen-bond donors (Lipinski definition) is 0. The van der Waals surface area contributed by atoms with E-state index < -0.39 is 0 Å². The number of carbonyl (C=O) groups excluding carboxylic acids is 1. The Hall–Kier alpha value is -2.60. The Bertz CT molecular complexity index is 1210. The predicted molar refractivity (Wildman–Crippen MR) is 130 cm³/mol. The summed E-state index contributed by atoms with van der Waals surface area (Å²) in [6, 6.07) is 20.3. The number of amides is 1. The van der Waals surface area contributed by atoms with E-state index in [9.17, 15) is 4.79 Å². The van der Waals surface area contributed by atoms with Crippen LogP contribution in [0, 0.1) is 0 Å². The van der Waals surface area contributed by atoms with E-state index in [0.29, 0.717) is 27.1 Å². The number of hydrogen-bond acceptors (Lipinski definition) is 3. The van der Waals surface area contributed by atoms with Crippen molar-refractivity contribution in [3.63, 3.8) is 0 Å². The van der Waals surface area contributed by atoms with E-state index in [2.05, 4.69) is 21.0 Å². The highest BCUT2D eigenvalue weighted by molar-refractivity contribution is 9.10. The smallest absolute Gasteiger partial charge is 0.280 e. The molecule has 1 aliphatic rings. The first kappa shape index (κ1) is 21.6. The van der Waals surface area contributed by atoms with Crippen LogP contribution in [0.25, 0.3) is 6.08 Å². The molecule has 0 N–H and O–H groups in total. The Morgan fingerprint density at radius 3 is 2.58 bits per heavy atom. The molecule has 0 spiro atoms. The van der Waals surface area contributed by atoms with Crippen LogP contribution < -0.4 is 9.75 Å². The van der Waals surface area contributed by atoms with Gasteiger partial charge >= 0.3 is 0 Å². The van der Waals surface area contributed by atoms with Gasteiger partial charge in [0, 0.05) is 25.6 Å².